The van der Waals surface area contributed by atoms with E-state index in [0.29, 0.717) is 5.92 Å². The molecule has 0 radical (unpaired) electrons. The van der Waals surface area contributed by atoms with Crippen molar-refractivity contribution in [2.24, 2.45) is 11.8 Å². The SMILES string of the molecule is C=C1C2CCC(C2)C(=O)C1O. The molecule has 0 spiro atoms. The average molecular weight is 152 g/mol. The Labute approximate surface area is 65.9 Å². The molecule has 0 saturated heterocycles. The quantitative estimate of drug-likeness (QED) is 0.524. The molecule has 0 aliphatic heterocycles. The second-order valence-electron chi connectivity index (χ2n) is 3.59. The van der Waals surface area contributed by atoms with Crippen LogP contribution in [0.25, 0.3) is 0 Å². The van der Waals surface area contributed by atoms with Gasteiger partial charge in [0.2, 0.25) is 0 Å². The highest BCUT2D eigenvalue weighted by molar-refractivity contribution is 5.89. The van der Waals surface area contributed by atoms with Gasteiger partial charge in [-0.15, -0.1) is 0 Å². The third kappa shape index (κ3) is 0.857. The highest BCUT2D eigenvalue weighted by Crippen LogP contribution is 2.42. The second-order valence-corrected chi connectivity index (χ2v) is 3.59. The number of aliphatic hydroxyl groups excluding tert-OH is 1. The molecule has 2 rings (SSSR count). The van der Waals surface area contributed by atoms with Crippen molar-refractivity contribution in [1.82, 2.24) is 0 Å². The predicted octanol–water partition coefficient (Wildman–Crippen LogP) is 0.903. The van der Waals surface area contributed by atoms with Gasteiger partial charge in [-0.1, -0.05) is 6.58 Å². The number of hydrogen-bond donors (Lipinski definition) is 1. The Morgan fingerprint density at radius 1 is 1.36 bits per heavy atom. The summed E-state index contributed by atoms with van der Waals surface area (Å²) in [6.45, 7) is 3.75. The van der Waals surface area contributed by atoms with Gasteiger partial charge in [0.25, 0.3) is 0 Å². The first kappa shape index (κ1) is 7.04. The van der Waals surface area contributed by atoms with Crippen molar-refractivity contribution in [3.63, 3.8) is 0 Å². The molecule has 3 atom stereocenters. The lowest BCUT2D eigenvalue weighted by Crippen LogP contribution is -2.33. The largest absolute Gasteiger partial charge is 0.381 e. The molecule has 0 aromatic rings. The number of ketones is 1. The van der Waals surface area contributed by atoms with Crippen molar-refractivity contribution in [2.45, 2.75) is 25.4 Å². The summed E-state index contributed by atoms with van der Waals surface area (Å²) < 4.78 is 0. The minimum atomic E-state index is -0.846. The first-order valence-corrected chi connectivity index (χ1v) is 4.10. The van der Waals surface area contributed by atoms with E-state index in [9.17, 15) is 9.90 Å². The van der Waals surface area contributed by atoms with Crippen LogP contribution in [-0.2, 0) is 4.79 Å². The first-order chi connectivity index (χ1) is 5.20. The third-order valence-electron chi connectivity index (χ3n) is 2.98. The van der Waals surface area contributed by atoms with Crippen molar-refractivity contribution < 1.29 is 9.90 Å². The van der Waals surface area contributed by atoms with Crippen LogP contribution in [0.5, 0.6) is 0 Å². The van der Waals surface area contributed by atoms with Gasteiger partial charge in [-0.05, 0) is 30.8 Å². The topological polar surface area (TPSA) is 37.3 Å². The van der Waals surface area contributed by atoms with Crippen LogP contribution in [0.3, 0.4) is 0 Å². The summed E-state index contributed by atoms with van der Waals surface area (Å²) >= 11 is 0. The minimum absolute atomic E-state index is 0.00347. The number of Topliss-reactive ketones (excluding diaryl/α,β-unsaturated/α-hetero) is 1. The van der Waals surface area contributed by atoms with E-state index in [1.807, 2.05) is 0 Å². The maximum atomic E-state index is 11.3. The lowest BCUT2D eigenvalue weighted by molar-refractivity contribution is -0.130. The van der Waals surface area contributed by atoms with Crippen molar-refractivity contribution in [1.29, 1.82) is 0 Å². The average Bonchev–Trinajstić information content (AvgIpc) is 2.44. The second kappa shape index (κ2) is 2.18. The van der Waals surface area contributed by atoms with Crippen molar-refractivity contribution in [2.75, 3.05) is 0 Å². The van der Waals surface area contributed by atoms with E-state index in [4.69, 9.17) is 0 Å². The van der Waals surface area contributed by atoms with Gasteiger partial charge < -0.3 is 5.11 Å². The molecule has 0 aromatic heterocycles. The van der Waals surface area contributed by atoms with E-state index < -0.39 is 6.10 Å². The van der Waals surface area contributed by atoms with Crippen LogP contribution in [0.2, 0.25) is 0 Å². The van der Waals surface area contributed by atoms with Crippen LogP contribution in [0, 0.1) is 11.8 Å². The predicted molar refractivity (Wildman–Crippen MR) is 41.0 cm³/mol. The fourth-order valence-electron chi connectivity index (χ4n) is 2.21. The highest BCUT2D eigenvalue weighted by atomic mass is 16.3. The monoisotopic (exact) mass is 152 g/mol. The van der Waals surface area contributed by atoms with E-state index in [1.165, 1.54) is 0 Å². The van der Waals surface area contributed by atoms with E-state index in [0.717, 1.165) is 24.8 Å². The third-order valence-corrected chi connectivity index (χ3v) is 2.98. The van der Waals surface area contributed by atoms with Gasteiger partial charge in [-0.25, -0.2) is 0 Å². The van der Waals surface area contributed by atoms with Crippen LogP contribution in [0.1, 0.15) is 19.3 Å². The Balaban J connectivity index is 2.30. The smallest absolute Gasteiger partial charge is 0.168 e. The van der Waals surface area contributed by atoms with Gasteiger partial charge in [0.15, 0.2) is 5.78 Å². The number of carbonyl (C=O) groups excluding carboxylic acids is 1. The van der Waals surface area contributed by atoms with Crippen LogP contribution in [0.15, 0.2) is 12.2 Å². The van der Waals surface area contributed by atoms with Gasteiger partial charge in [0.1, 0.15) is 6.10 Å². The molecule has 2 bridgehead atoms. The molecule has 0 heterocycles. The molecule has 2 saturated carbocycles. The Kier molecular flexibility index (Phi) is 1.39. The molecule has 2 aliphatic carbocycles. The number of fused-ring (bicyclic) bond motifs is 2. The number of carbonyl (C=O) groups is 1. The zero-order valence-corrected chi connectivity index (χ0v) is 6.42. The van der Waals surface area contributed by atoms with Gasteiger partial charge in [0.05, 0.1) is 0 Å². The van der Waals surface area contributed by atoms with Crippen LogP contribution < -0.4 is 0 Å². The maximum absolute atomic E-state index is 11.3. The molecule has 0 amide bonds. The van der Waals surface area contributed by atoms with Gasteiger partial charge in [-0.3, -0.25) is 4.79 Å². The number of aliphatic hydroxyl groups is 1. The lowest BCUT2D eigenvalue weighted by Gasteiger charge is -2.24. The Hall–Kier alpha value is -0.630. The number of hydrogen-bond acceptors (Lipinski definition) is 2. The standard InChI is InChI=1S/C9H12O2/c1-5-6-2-3-7(4-6)9(11)8(5)10/h6-8,10H,1-4H2. The minimum Gasteiger partial charge on any atom is -0.381 e. The fraction of sp³-hybridized carbons (Fsp3) is 0.667. The van der Waals surface area contributed by atoms with Gasteiger partial charge in [-0.2, -0.15) is 0 Å². The summed E-state index contributed by atoms with van der Waals surface area (Å²) in [5, 5.41) is 9.38. The molecule has 2 nitrogen and oxygen atoms in total. The summed E-state index contributed by atoms with van der Waals surface area (Å²) in [7, 11) is 0. The Morgan fingerprint density at radius 2 is 2.00 bits per heavy atom. The van der Waals surface area contributed by atoms with Gasteiger partial charge in [0, 0.05) is 5.92 Å². The van der Waals surface area contributed by atoms with E-state index in [2.05, 4.69) is 6.58 Å². The Bertz CT molecular complexity index is 198. The molecule has 2 aliphatic rings. The summed E-state index contributed by atoms with van der Waals surface area (Å²) in [5.41, 5.74) is 0.753. The maximum Gasteiger partial charge on any atom is 0.168 e. The summed E-state index contributed by atoms with van der Waals surface area (Å²) in [6.07, 6.45) is 2.10. The zero-order chi connectivity index (χ0) is 8.01. The summed E-state index contributed by atoms with van der Waals surface area (Å²) in [4.78, 5) is 11.3. The van der Waals surface area contributed by atoms with E-state index in [1.54, 1.807) is 0 Å². The van der Waals surface area contributed by atoms with Crippen LogP contribution >= 0.6 is 0 Å². The molecule has 1 N–H and O–H groups in total. The molecule has 60 valence electrons. The lowest BCUT2D eigenvalue weighted by atomic mass is 9.82. The zero-order valence-electron chi connectivity index (χ0n) is 6.42. The fourth-order valence-corrected chi connectivity index (χ4v) is 2.21. The number of rotatable bonds is 0. The molecule has 2 fully saturated rings. The van der Waals surface area contributed by atoms with Crippen molar-refractivity contribution in [3.8, 4) is 0 Å². The molecule has 3 unspecified atom stereocenters. The molecular weight excluding hydrogens is 140 g/mol. The Morgan fingerprint density at radius 3 is 2.73 bits per heavy atom. The van der Waals surface area contributed by atoms with Crippen LogP contribution in [0.4, 0.5) is 0 Å². The van der Waals surface area contributed by atoms with Crippen molar-refractivity contribution in [3.05, 3.63) is 12.2 Å². The van der Waals surface area contributed by atoms with Gasteiger partial charge >= 0.3 is 0 Å². The molecule has 2 heteroatoms. The van der Waals surface area contributed by atoms with Crippen LogP contribution in [-0.4, -0.2) is 17.0 Å². The normalized spacial score (nSPS) is 43.2. The van der Waals surface area contributed by atoms with Crippen molar-refractivity contribution >= 4 is 5.78 Å². The summed E-state index contributed by atoms with van der Waals surface area (Å²) in [6, 6.07) is 0. The molecule has 11 heavy (non-hydrogen) atoms. The highest BCUT2D eigenvalue weighted by Gasteiger charge is 2.42. The van der Waals surface area contributed by atoms with E-state index in [-0.39, 0.29) is 11.7 Å². The van der Waals surface area contributed by atoms with E-state index >= 15 is 0 Å². The first-order valence-electron chi connectivity index (χ1n) is 4.10. The molecule has 0 aromatic carbocycles. The summed E-state index contributed by atoms with van der Waals surface area (Å²) in [5.74, 6) is 0.567. The molecular formula is C9H12O2.